The predicted molar refractivity (Wildman–Crippen MR) is 108 cm³/mol. The molecule has 2 aromatic rings. The molecule has 0 aromatic heterocycles. The van der Waals surface area contributed by atoms with Gasteiger partial charge >= 0.3 is 0 Å². The van der Waals surface area contributed by atoms with Crippen molar-refractivity contribution in [2.45, 2.75) is 46.5 Å². The van der Waals surface area contributed by atoms with Crippen molar-refractivity contribution < 1.29 is 10.2 Å². The second-order valence-corrected chi connectivity index (χ2v) is 7.85. The van der Waals surface area contributed by atoms with Crippen molar-refractivity contribution in [1.82, 2.24) is 0 Å². The first-order chi connectivity index (χ1) is 12.5. The summed E-state index contributed by atoms with van der Waals surface area (Å²) >= 11 is 0. The lowest BCUT2D eigenvalue weighted by Gasteiger charge is -2.36. The fourth-order valence-electron chi connectivity index (χ4n) is 4.73. The molecule has 0 aliphatic heterocycles. The molecule has 0 bridgehead atoms. The lowest BCUT2D eigenvalue weighted by Crippen LogP contribution is -2.24. The first-order valence-electron chi connectivity index (χ1n) is 9.82. The maximum absolute atomic E-state index is 9.70. The van der Waals surface area contributed by atoms with Gasteiger partial charge in [-0.1, -0.05) is 63.5 Å². The highest BCUT2D eigenvalue weighted by molar-refractivity contribution is 5.83. The summed E-state index contributed by atoms with van der Waals surface area (Å²) in [5.41, 5.74) is 5.04. The second kappa shape index (κ2) is 7.99. The molecule has 0 heterocycles. The zero-order chi connectivity index (χ0) is 18.7. The first kappa shape index (κ1) is 18.6. The summed E-state index contributed by atoms with van der Waals surface area (Å²) in [6.45, 7) is 6.99. The van der Waals surface area contributed by atoms with Gasteiger partial charge in [0.2, 0.25) is 0 Å². The molecule has 26 heavy (non-hydrogen) atoms. The number of aromatic hydroxyl groups is 2. The minimum atomic E-state index is 0.288. The number of phenols is 2. The summed E-state index contributed by atoms with van der Waals surface area (Å²) in [5.74, 6) is 2.46. The van der Waals surface area contributed by atoms with Crippen LogP contribution in [0.1, 0.15) is 57.6 Å². The Morgan fingerprint density at radius 2 is 1.23 bits per heavy atom. The van der Waals surface area contributed by atoms with Crippen LogP contribution in [0.15, 0.2) is 54.1 Å². The van der Waals surface area contributed by atoms with E-state index in [2.05, 4.69) is 20.8 Å². The molecule has 0 saturated heterocycles. The van der Waals surface area contributed by atoms with Gasteiger partial charge in [0.05, 0.1) is 0 Å². The van der Waals surface area contributed by atoms with Crippen LogP contribution >= 0.6 is 0 Å². The highest BCUT2D eigenvalue weighted by Gasteiger charge is 2.30. The summed E-state index contributed by atoms with van der Waals surface area (Å²) in [6, 6.07) is 15.0. The third-order valence-electron chi connectivity index (χ3n) is 5.73. The second-order valence-electron chi connectivity index (χ2n) is 7.85. The molecule has 1 aliphatic rings. The van der Waals surface area contributed by atoms with Crippen molar-refractivity contribution in [3.05, 3.63) is 65.2 Å². The van der Waals surface area contributed by atoms with Crippen molar-refractivity contribution in [1.29, 1.82) is 0 Å². The molecule has 2 N–H and O–H groups in total. The highest BCUT2D eigenvalue weighted by Crippen LogP contribution is 2.45. The van der Waals surface area contributed by atoms with Gasteiger partial charge in [0.1, 0.15) is 11.5 Å². The largest absolute Gasteiger partial charge is 0.508 e. The fraction of sp³-hybridized carbons (Fsp3) is 0.417. The quantitative estimate of drug-likeness (QED) is 0.671. The van der Waals surface area contributed by atoms with E-state index in [1.54, 1.807) is 24.3 Å². The van der Waals surface area contributed by atoms with E-state index >= 15 is 0 Å². The van der Waals surface area contributed by atoms with E-state index in [1.807, 2.05) is 24.3 Å². The fourth-order valence-corrected chi connectivity index (χ4v) is 4.73. The minimum absolute atomic E-state index is 0.288. The molecule has 2 atom stereocenters. The van der Waals surface area contributed by atoms with E-state index in [1.165, 1.54) is 36.8 Å². The van der Waals surface area contributed by atoms with Crippen LogP contribution in [0.4, 0.5) is 0 Å². The molecule has 2 unspecified atom stereocenters. The minimum Gasteiger partial charge on any atom is -0.508 e. The molecule has 0 radical (unpaired) electrons. The Balaban J connectivity index is 2.11. The van der Waals surface area contributed by atoms with Crippen molar-refractivity contribution in [3.8, 4) is 11.5 Å². The van der Waals surface area contributed by atoms with Gasteiger partial charge in [0.15, 0.2) is 0 Å². The monoisotopic (exact) mass is 350 g/mol. The van der Waals surface area contributed by atoms with Crippen molar-refractivity contribution in [3.63, 3.8) is 0 Å². The van der Waals surface area contributed by atoms with Gasteiger partial charge in [0, 0.05) is 0 Å². The molecule has 1 fully saturated rings. The topological polar surface area (TPSA) is 40.5 Å². The van der Waals surface area contributed by atoms with Crippen molar-refractivity contribution in [2.24, 2.45) is 17.8 Å². The molecule has 2 heteroatoms. The molecule has 2 nitrogen and oxygen atoms in total. The Hall–Kier alpha value is -2.22. The van der Waals surface area contributed by atoms with Crippen LogP contribution in [-0.4, -0.2) is 10.2 Å². The van der Waals surface area contributed by atoms with Crippen molar-refractivity contribution >= 4 is 5.57 Å². The van der Waals surface area contributed by atoms with Gasteiger partial charge in [-0.3, -0.25) is 0 Å². The van der Waals surface area contributed by atoms with E-state index in [-0.39, 0.29) is 11.5 Å². The van der Waals surface area contributed by atoms with Crippen LogP contribution < -0.4 is 0 Å². The van der Waals surface area contributed by atoms with E-state index in [0.29, 0.717) is 11.8 Å². The molecule has 0 amide bonds. The van der Waals surface area contributed by atoms with Crippen LogP contribution in [-0.2, 0) is 0 Å². The first-order valence-corrected chi connectivity index (χ1v) is 9.82. The maximum atomic E-state index is 9.70. The van der Waals surface area contributed by atoms with Crippen LogP contribution in [0.2, 0.25) is 0 Å². The number of phenolic OH excluding ortho intramolecular Hbond substituents is 2. The van der Waals surface area contributed by atoms with Crippen LogP contribution in [0.5, 0.6) is 11.5 Å². The summed E-state index contributed by atoms with van der Waals surface area (Å²) < 4.78 is 0. The van der Waals surface area contributed by atoms with E-state index in [9.17, 15) is 10.2 Å². The zero-order valence-corrected chi connectivity index (χ0v) is 16.1. The number of hydrogen-bond donors (Lipinski definition) is 2. The third-order valence-corrected chi connectivity index (χ3v) is 5.73. The maximum Gasteiger partial charge on any atom is 0.115 e. The average molecular weight is 351 g/mol. The van der Waals surface area contributed by atoms with E-state index in [4.69, 9.17) is 0 Å². The molecule has 0 spiro atoms. The lowest BCUT2D eigenvalue weighted by molar-refractivity contribution is 0.277. The smallest absolute Gasteiger partial charge is 0.115 e. The molecule has 1 aliphatic carbocycles. The summed E-state index contributed by atoms with van der Waals surface area (Å²) in [6.07, 6.45) is 5.06. The van der Waals surface area contributed by atoms with Gasteiger partial charge in [-0.2, -0.15) is 0 Å². The summed E-state index contributed by atoms with van der Waals surface area (Å²) in [7, 11) is 0. The summed E-state index contributed by atoms with van der Waals surface area (Å²) in [4.78, 5) is 0. The van der Waals surface area contributed by atoms with Crippen LogP contribution in [0.3, 0.4) is 0 Å². The van der Waals surface area contributed by atoms with Gasteiger partial charge in [0.25, 0.3) is 0 Å². The third kappa shape index (κ3) is 3.95. The molecule has 2 aromatic carbocycles. The van der Waals surface area contributed by atoms with Crippen LogP contribution in [0, 0.1) is 17.8 Å². The van der Waals surface area contributed by atoms with Crippen molar-refractivity contribution in [2.75, 3.05) is 0 Å². The molecular formula is C24H30O2. The standard InChI is InChI=1S/C24H30O2/c1-4-5-18-14-16(2)23(17(3)15-18)24(19-6-10-21(25)11-7-19)20-8-12-22(26)13-9-20/h6-13,16-18,25-26H,4-5,14-15H2,1-3H3. The number of hydrogen-bond acceptors (Lipinski definition) is 2. The molecule has 138 valence electrons. The molecular weight excluding hydrogens is 320 g/mol. The Labute approximate surface area is 157 Å². The van der Waals surface area contributed by atoms with Gasteiger partial charge in [-0.25, -0.2) is 0 Å². The summed E-state index contributed by atoms with van der Waals surface area (Å²) in [5, 5.41) is 19.4. The van der Waals surface area contributed by atoms with E-state index < -0.39 is 0 Å². The number of allylic oxidation sites excluding steroid dienone is 1. The Morgan fingerprint density at radius 1 is 0.808 bits per heavy atom. The normalized spacial score (nSPS) is 23.0. The number of rotatable bonds is 4. The zero-order valence-electron chi connectivity index (χ0n) is 16.1. The lowest BCUT2D eigenvalue weighted by atomic mass is 9.68. The highest BCUT2D eigenvalue weighted by atomic mass is 16.3. The van der Waals surface area contributed by atoms with Gasteiger partial charge in [-0.05, 0) is 71.6 Å². The van der Waals surface area contributed by atoms with Crippen LogP contribution in [0.25, 0.3) is 5.57 Å². The van der Waals surface area contributed by atoms with Gasteiger partial charge < -0.3 is 10.2 Å². The van der Waals surface area contributed by atoms with Gasteiger partial charge in [-0.15, -0.1) is 0 Å². The Bertz CT molecular complexity index is 694. The average Bonchev–Trinajstić information content (AvgIpc) is 2.60. The predicted octanol–water partition coefficient (Wildman–Crippen LogP) is 6.38. The Kier molecular flexibility index (Phi) is 5.70. The Morgan fingerprint density at radius 3 is 1.62 bits per heavy atom. The number of benzene rings is 2. The molecule has 3 rings (SSSR count). The van der Waals surface area contributed by atoms with E-state index in [0.717, 1.165) is 17.0 Å². The molecule has 1 saturated carbocycles. The SMILES string of the molecule is CCCC1CC(C)C(=C(c2ccc(O)cc2)c2ccc(O)cc2)C(C)C1.